The normalized spacial score (nSPS) is 10.5. The molecule has 3 N–H and O–H groups in total. The van der Waals surface area contributed by atoms with Crippen molar-refractivity contribution in [3.05, 3.63) is 71.9 Å². The molecule has 0 aliphatic rings. The van der Waals surface area contributed by atoms with Gasteiger partial charge in [0.15, 0.2) is 0 Å². The predicted octanol–water partition coefficient (Wildman–Crippen LogP) is 2.95. The molecule has 4 heteroatoms. The second-order valence-corrected chi connectivity index (χ2v) is 4.73. The molecular formula is C17H15N3O. The molecule has 4 nitrogen and oxygen atoms in total. The van der Waals surface area contributed by atoms with Crippen molar-refractivity contribution in [1.29, 1.82) is 0 Å². The number of nitrogens with zero attached hydrogens (tertiary/aromatic N) is 1. The Morgan fingerprint density at radius 2 is 1.86 bits per heavy atom. The zero-order valence-corrected chi connectivity index (χ0v) is 11.4. The number of rotatable bonds is 3. The Hall–Kier alpha value is -2.72. The number of nitrogens with two attached hydrogens (primary N) is 1. The summed E-state index contributed by atoms with van der Waals surface area (Å²) in [5.74, 6) is -0.144. The first-order chi connectivity index (χ1) is 10.3. The summed E-state index contributed by atoms with van der Waals surface area (Å²) in [4.78, 5) is 16.6. The fraction of sp³-hybridized carbons (Fsp3) is 0.0588. The van der Waals surface area contributed by atoms with Gasteiger partial charge in [-0.15, -0.1) is 0 Å². The summed E-state index contributed by atoms with van der Waals surface area (Å²) in [6.45, 7) is 0.469. The molecule has 0 saturated heterocycles. The number of aromatic nitrogens is 1. The van der Waals surface area contributed by atoms with Crippen LogP contribution in [-0.2, 0) is 6.54 Å². The second kappa shape index (κ2) is 5.73. The van der Waals surface area contributed by atoms with Gasteiger partial charge in [-0.05, 0) is 42.0 Å². The van der Waals surface area contributed by atoms with Crippen molar-refractivity contribution in [2.75, 3.05) is 5.32 Å². The van der Waals surface area contributed by atoms with Gasteiger partial charge >= 0.3 is 0 Å². The minimum atomic E-state index is -0.144. The van der Waals surface area contributed by atoms with Gasteiger partial charge in [-0.2, -0.15) is 0 Å². The third-order valence-electron chi connectivity index (χ3n) is 3.35. The van der Waals surface area contributed by atoms with Crippen LogP contribution in [0.1, 0.15) is 15.9 Å². The lowest BCUT2D eigenvalue weighted by Crippen LogP contribution is -2.12. The quantitative estimate of drug-likeness (QED) is 0.773. The van der Waals surface area contributed by atoms with Crippen LogP contribution in [0.25, 0.3) is 10.9 Å². The molecule has 0 unspecified atom stereocenters. The van der Waals surface area contributed by atoms with Crippen LogP contribution < -0.4 is 11.1 Å². The van der Waals surface area contributed by atoms with Crippen molar-refractivity contribution in [3.8, 4) is 0 Å². The molecule has 0 saturated carbocycles. The highest BCUT2D eigenvalue weighted by Gasteiger charge is 2.08. The SMILES string of the molecule is NCc1ccc(C(=O)Nc2cccc3ncccc23)cc1. The Balaban J connectivity index is 1.89. The maximum absolute atomic E-state index is 12.3. The summed E-state index contributed by atoms with van der Waals surface area (Å²) < 4.78 is 0. The standard InChI is InChI=1S/C17H15N3O/c18-11-12-6-8-13(9-7-12)17(21)20-16-5-1-4-15-14(16)3-2-10-19-15/h1-10H,11,18H2,(H,20,21). The first-order valence-corrected chi connectivity index (χ1v) is 6.72. The Bertz CT molecular complexity index is 776. The second-order valence-electron chi connectivity index (χ2n) is 4.73. The average molecular weight is 277 g/mol. The van der Waals surface area contributed by atoms with Gasteiger partial charge in [-0.1, -0.05) is 18.2 Å². The summed E-state index contributed by atoms with van der Waals surface area (Å²) in [7, 11) is 0. The van der Waals surface area contributed by atoms with Gasteiger partial charge in [0.2, 0.25) is 0 Å². The number of carbonyl (C=O) groups excluding carboxylic acids is 1. The molecular weight excluding hydrogens is 262 g/mol. The number of carbonyl (C=O) groups is 1. The number of benzene rings is 2. The van der Waals surface area contributed by atoms with E-state index in [4.69, 9.17) is 5.73 Å². The zero-order valence-electron chi connectivity index (χ0n) is 11.4. The molecule has 3 aromatic rings. The van der Waals surface area contributed by atoms with E-state index in [1.165, 1.54) is 0 Å². The minimum absolute atomic E-state index is 0.144. The predicted molar refractivity (Wildman–Crippen MR) is 84.0 cm³/mol. The number of pyridine rings is 1. The van der Waals surface area contributed by atoms with Crippen LogP contribution in [0.3, 0.4) is 0 Å². The van der Waals surface area contributed by atoms with Crippen molar-refractivity contribution >= 4 is 22.5 Å². The molecule has 0 atom stereocenters. The van der Waals surface area contributed by atoms with Crippen LogP contribution in [0.2, 0.25) is 0 Å². The van der Waals surface area contributed by atoms with Crippen LogP contribution in [-0.4, -0.2) is 10.9 Å². The molecule has 1 aromatic heterocycles. The summed E-state index contributed by atoms with van der Waals surface area (Å²) in [6, 6.07) is 16.7. The fourth-order valence-electron chi connectivity index (χ4n) is 2.20. The Labute approximate surface area is 122 Å². The van der Waals surface area contributed by atoms with Crippen LogP contribution >= 0.6 is 0 Å². The molecule has 0 bridgehead atoms. The lowest BCUT2D eigenvalue weighted by Gasteiger charge is -2.08. The summed E-state index contributed by atoms with van der Waals surface area (Å²) >= 11 is 0. The summed E-state index contributed by atoms with van der Waals surface area (Å²) in [5.41, 5.74) is 8.77. The summed E-state index contributed by atoms with van der Waals surface area (Å²) in [5, 5.41) is 3.85. The molecule has 1 heterocycles. The van der Waals surface area contributed by atoms with E-state index in [1.54, 1.807) is 18.3 Å². The molecule has 0 radical (unpaired) electrons. The van der Waals surface area contributed by atoms with E-state index in [2.05, 4.69) is 10.3 Å². The minimum Gasteiger partial charge on any atom is -0.326 e. The van der Waals surface area contributed by atoms with E-state index in [9.17, 15) is 4.79 Å². The van der Waals surface area contributed by atoms with Crippen molar-refractivity contribution in [2.45, 2.75) is 6.54 Å². The first kappa shape index (κ1) is 13.3. The van der Waals surface area contributed by atoms with Gasteiger partial charge in [0, 0.05) is 23.7 Å². The Morgan fingerprint density at radius 3 is 2.62 bits per heavy atom. The highest BCUT2D eigenvalue weighted by atomic mass is 16.1. The van der Waals surface area contributed by atoms with E-state index < -0.39 is 0 Å². The third kappa shape index (κ3) is 2.75. The zero-order chi connectivity index (χ0) is 14.7. The molecule has 0 aliphatic heterocycles. The molecule has 0 spiro atoms. The van der Waals surface area contributed by atoms with Crippen molar-refractivity contribution in [1.82, 2.24) is 4.98 Å². The lowest BCUT2D eigenvalue weighted by molar-refractivity contribution is 0.102. The maximum Gasteiger partial charge on any atom is 0.255 e. The average Bonchev–Trinajstić information content (AvgIpc) is 2.55. The number of anilines is 1. The van der Waals surface area contributed by atoms with Crippen LogP contribution in [0.4, 0.5) is 5.69 Å². The molecule has 104 valence electrons. The van der Waals surface area contributed by atoms with E-state index in [0.29, 0.717) is 12.1 Å². The molecule has 3 rings (SSSR count). The van der Waals surface area contributed by atoms with Crippen molar-refractivity contribution in [3.63, 3.8) is 0 Å². The fourth-order valence-corrected chi connectivity index (χ4v) is 2.20. The van der Waals surface area contributed by atoms with Gasteiger partial charge in [0.05, 0.1) is 11.2 Å². The molecule has 0 fully saturated rings. The molecule has 2 aromatic carbocycles. The van der Waals surface area contributed by atoms with Crippen LogP contribution in [0.15, 0.2) is 60.8 Å². The van der Waals surface area contributed by atoms with Crippen LogP contribution in [0.5, 0.6) is 0 Å². The number of fused-ring (bicyclic) bond motifs is 1. The highest BCUT2D eigenvalue weighted by Crippen LogP contribution is 2.21. The maximum atomic E-state index is 12.3. The van der Waals surface area contributed by atoms with Gasteiger partial charge < -0.3 is 11.1 Å². The Morgan fingerprint density at radius 1 is 1.05 bits per heavy atom. The number of hydrogen-bond donors (Lipinski definition) is 2. The highest BCUT2D eigenvalue weighted by molar-refractivity contribution is 6.08. The Kier molecular flexibility index (Phi) is 3.62. The third-order valence-corrected chi connectivity index (χ3v) is 3.35. The topological polar surface area (TPSA) is 68.0 Å². The molecule has 21 heavy (non-hydrogen) atoms. The van der Waals surface area contributed by atoms with Gasteiger partial charge in [-0.3, -0.25) is 9.78 Å². The van der Waals surface area contributed by atoms with E-state index in [0.717, 1.165) is 22.2 Å². The summed E-state index contributed by atoms with van der Waals surface area (Å²) in [6.07, 6.45) is 1.74. The molecule has 0 aliphatic carbocycles. The van der Waals surface area contributed by atoms with Crippen molar-refractivity contribution in [2.24, 2.45) is 5.73 Å². The first-order valence-electron chi connectivity index (χ1n) is 6.72. The lowest BCUT2D eigenvalue weighted by atomic mass is 10.1. The van der Waals surface area contributed by atoms with Gasteiger partial charge in [0.1, 0.15) is 0 Å². The van der Waals surface area contributed by atoms with Crippen molar-refractivity contribution < 1.29 is 4.79 Å². The van der Waals surface area contributed by atoms with Gasteiger partial charge in [-0.25, -0.2) is 0 Å². The van der Waals surface area contributed by atoms with Crippen LogP contribution in [0, 0.1) is 0 Å². The molecule has 1 amide bonds. The van der Waals surface area contributed by atoms with Gasteiger partial charge in [0.25, 0.3) is 5.91 Å². The number of amides is 1. The monoisotopic (exact) mass is 277 g/mol. The van der Waals surface area contributed by atoms with E-state index >= 15 is 0 Å². The van der Waals surface area contributed by atoms with E-state index in [-0.39, 0.29) is 5.91 Å². The largest absolute Gasteiger partial charge is 0.326 e. The van der Waals surface area contributed by atoms with E-state index in [1.807, 2.05) is 42.5 Å². The smallest absolute Gasteiger partial charge is 0.255 e. The number of hydrogen-bond acceptors (Lipinski definition) is 3. The number of nitrogens with one attached hydrogen (secondary N) is 1.